The van der Waals surface area contributed by atoms with Crippen molar-refractivity contribution in [3.8, 4) is 17.2 Å². The first-order valence-corrected chi connectivity index (χ1v) is 5.90. The molecule has 0 unspecified atom stereocenters. The Morgan fingerprint density at radius 3 is 2.26 bits per heavy atom. The van der Waals surface area contributed by atoms with Crippen molar-refractivity contribution in [3.63, 3.8) is 0 Å². The molecular formula is C14H18O5. The summed E-state index contributed by atoms with van der Waals surface area (Å²) in [6.45, 7) is 1.93. The van der Waals surface area contributed by atoms with Crippen molar-refractivity contribution in [2.24, 2.45) is 0 Å². The molecule has 0 amide bonds. The van der Waals surface area contributed by atoms with Crippen LogP contribution in [0.15, 0.2) is 29.8 Å². The zero-order valence-electron chi connectivity index (χ0n) is 11.3. The van der Waals surface area contributed by atoms with E-state index in [1.54, 1.807) is 25.1 Å². The van der Waals surface area contributed by atoms with Crippen molar-refractivity contribution >= 4 is 5.97 Å². The normalized spacial score (nSPS) is 11.0. The summed E-state index contributed by atoms with van der Waals surface area (Å²) in [7, 11) is 3.07. The molecule has 0 aliphatic heterocycles. The Bertz CT molecular complexity index is 443. The van der Waals surface area contributed by atoms with Crippen LogP contribution in [0.4, 0.5) is 0 Å². The van der Waals surface area contributed by atoms with E-state index in [2.05, 4.69) is 0 Å². The molecule has 0 bridgehead atoms. The highest BCUT2D eigenvalue weighted by atomic mass is 16.5. The number of methoxy groups -OCH3 is 2. The molecule has 1 aromatic rings. The fraction of sp³-hybridized carbons (Fsp3) is 0.357. The summed E-state index contributed by atoms with van der Waals surface area (Å²) in [5.74, 6) is 0.616. The Balaban J connectivity index is 2.85. The number of aliphatic carboxylic acids is 1. The standard InChI is InChI=1S/C14H18O5/c1-4-10(14(15)16)8-9-19-13-11(17-2)6-5-7-12(13)18-3/h5-8H,4,9H2,1-3H3,(H,15,16). The summed E-state index contributed by atoms with van der Waals surface area (Å²) in [5.41, 5.74) is 0.314. The van der Waals surface area contributed by atoms with E-state index in [1.165, 1.54) is 20.3 Å². The predicted molar refractivity (Wildman–Crippen MR) is 71.1 cm³/mol. The van der Waals surface area contributed by atoms with Crippen LogP contribution in [0.1, 0.15) is 13.3 Å². The van der Waals surface area contributed by atoms with Crippen molar-refractivity contribution in [1.82, 2.24) is 0 Å². The smallest absolute Gasteiger partial charge is 0.331 e. The number of carbonyl (C=O) groups is 1. The van der Waals surface area contributed by atoms with Gasteiger partial charge in [-0.1, -0.05) is 13.0 Å². The first-order valence-electron chi connectivity index (χ1n) is 5.90. The molecule has 0 saturated carbocycles. The molecule has 19 heavy (non-hydrogen) atoms. The largest absolute Gasteiger partial charge is 0.493 e. The molecule has 0 fully saturated rings. The van der Waals surface area contributed by atoms with E-state index < -0.39 is 5.97 Å². The fourth-order valence-corrected chi connectivity index (χ4v) is 1.57. The van der Waals surface area contributed by atoms with Gasteiger partial charge in [0.1, 0.15) is 6.61 Å². The molecule has 0 atom stereocenters. The second kappa shape index (κ2) is 7.31. The molecular weight excluding hydrogens is 248 g/mol. The number of carboxylic acid groups (broad SMARTS) is 1. The second-order valence-electron chi connectivity index (χ2n) is 3.69. The number of hydrogen-bond acceptors (Lipinski definition) is 4. The van der Waals surface area contributed by atoms with E-state index in [9.17, 15) is 4.79 Å². The lowest BCUT2D eigenvalue weighted by molar-refractivity contribution is -0.132. The minimum Gasteiger partial charge on any atom is -0.493 e. The minimum absolute atomic E-state index is 0.145. The molecule has 1 N–H and O–H groups in total. The average molecular weight is 266 g/mol. The summed E-state index contributed by atoms with van der Waals surface area (Å²) in [5, 5.41) is 8.90. The Labute approximate surface area is 112 Å². The molecule has 0 aliphatic carbocycles. The van der Waals surface area contributed by atoms with E-state index >= 15 is 0 Å². The van der Waals surface area contributed by atoms with Crippen LogP contribution in [0.5, 0.6) is 17.2 Å². The van der Waals surface area contributed by atoms with E-state index in [4.69, 9.17) is 19.3 Å². The van der Waals surface area contributed by atoms with Crippen molar-refractivity contribution in [3.05, 3.63) is 29.8 Å². The van der Waals surface area contributed by atoms with Gasteiger partial charge in [-0.3, -0.25) is 0 Å². The summed E-state index contributed by atoms with van der Waals surface area (Å²) in [6.07, 6.45) is 1.98. The third-order valence-corrected chi connectivity index (χ3v) is 2.60. The maximum absolute atomic E-state index is 10.8. The first kappa shape index (κ1) is 14.9. The van der Waals surface area contributed by atoms with Crippen LogP contribution in [0.3, 0.4) is 0 Å². The van der Waals surface area contributed by atoms with Crippen molar-refractivity contribution in [1.29, 1.82) is 0 Å². The van der Waals surface area contributed by atoms with Gasteiger partial charge in [-0.25, -0.2) is 4.79 Å². The minimum atomic E-state index is -0.932. The van der Waals surface area contributed by atoms with Crippen molar-refractivity contribution in [2.45, 2.75) is 13.3 Å². The van der Waals surface area contributed by atoms with Crippen molar-refractivity contribution in [2.75, 3.05) is 20.8 Å². The Kier molecular flexibility index (Phi) is 5.73. The van der Waals surface area contributed by atoms with E-state index in [0.717, 1.165) is 0 Å². The number of ether oxygens (including phenoxy) is 3. The van der Waals surface area contributed by atoms with Crippen LogP contribution < -0.4 is 14.2 Å². The molecule has 1 aromatic carbocycles. The molecule has 0 aliphatic rings. The molecule has 0 aromatic heterocycles. The van der Waals surface area contributed by atoms with E-state index in [1.807, 2.05) is 0 Å². The average Bonchev–Trinajstić information content (AvgIpc) is 2.42. The second-order valence-corrected chi connectivity index (χ2v) is 3.69. The van der Waals surface area contributed by atoms with Crippen LogP contribution in [0.25, 0.3) is 0 Å². The van der Waals surface area contributed by atoms with Gasteiger partial charge in [-0.2, -0.15) is 0 Å². The maximum Gasteiger partial charge on any atom is 0.331 e. The van der Waals surface area contributed by atoms with Gasteiger partial charge in [0.25, 0.3) is 0 Å². The molecule has 0 spiro atoms. The molecule has 5 nitrogen and oxygen atoms in total. The SMILES string of the molecule is CCC(=CCOc1c(OC)cccc1OC)C(=O)O. The van der Waals surface area contributed by atoms with Gasteiger partial charge in [0, 0.05) is 5.57 Å². The lowest BCUT2D eigenvalue weighted by Crippen LogP contribution is -2.04. The molecule has 0 radical (unpaired) electrons. The molecule has 104 valence electrons. The number of carboxylic acids is 1. The van der Waals surface area contributed by atoms with Gasteiger partial charge >= 0.3 is 5.97 Å². The zero-order valence-corrected chi connectivity index (χ0v) is 11.3. The predicted octanol–water partition coefficient (Wildman–Crippen LogP) is 2.50. The molecule has 1 rings (SSSR count). The maximum atomic E-state index is 10.8. The molecule has 0 saturated heterocycles. The molecule has 0 heterocycles. The highest BCUT2D eigenvalue weighted by Crippen LogP contribution is 2.36. The number of hydrogen-bond donors (Lipinski definition) is 1. The number of benzene rings is 1. The third kappa shape index (κ3) is 3.91. The van der Waals surface area contributed by atoms with Gasteiger partial charge in [0.05, 0.1) is 14.2 Å². The Hall–Kier alpha value is -2.17. The quantitative estimate of drug-likeness (QED) is 0.768. The Morgan fingerprint density at radius 2 is 1.84 bits per heavy atom. The van der Waals surface area contributed by atoms with Gasteiger partial charge in [-0.15, -0.1) is 0 Å². The first-order chi connectivity index (χ1) is 9.13. The van der Waals surface area contributed by atoms with Gasteiger partial charge in [0.2, 0.25) is 5.75 Å². The van der Waals surface area contributed by atoms with Crippen LogP contribution in [0, 0.1) is 0 Å². The highest BCUT2D eigenvalue weighted by Gasteiger charge is 2.11. The number of para-hydroxylation sites is 1. The highest BCUT2D eigenvalue weighted by molar-refractivity contribution is 5.86. The van der Waals surface area contributed by atoms with Gasteiger partial charge < -0.3 is 19.3 Å². The van der Waals surface area contributed by atoms with Gasteiger partial charge in [0.15, 0.2) is 11.5 Å². The summed E-state index contributed by atoms with van der Waals surface area (Å²) in [4.78, 5) is 10.8. The van der Waals surface area contributed by atoms with E-state index in [-0.39, 0.29) is 6.61 Å². The van der Waals surface area contributed by atoms with Crippen LogP contribution in [-0.4, -0.2) is 31.9 Å². The topological polar surface area (TPSA) is 65.0 Å². The summed E-state index contributed by atoms with van der Waals surface area (Å²) >= 11 is 0. The van der Waals surface area contributed by atoms with Gasteiger partial charge in [-0.05, 0) is 24.6 Å². The lowest BCUT2D eigenvalue weighted by atomic mass is 10.2. The van der Waals surface area contributed by atoms with Crippen LogP contribution >= 0.6 is 0 Å². The monoisotopic (exact) mass is 266 g/mol. The lowest BCUT2D eigenvalue weighted by Gasteiger charge is -2.13. The van der Waals surface area contributed by atoms with Crippen LogP contribution in [-0.2, 0) is 4.79 Å². The molecule has 5 heteroatoms. The fourth-order valence-electron chi connectivity index (χ4n) is 1.57. The number of rotatable bonds is 7. The summed E-state index contributed by atoms with van der Waals surface area (Å²) in [6, 6.07) is 5.29. The Morgan fingerprint density at radius 1 is 1.26 bits per heavy atom. The van der Waals surface area contributed by atoms with Crippen molar-refractivity contribution < 1.29 is 24.1 Å². The van der Waals surface area contributed by atoms with Crippen LogP contribution in [0.2, 0.25) is 0 Å². The zero-order chi connectivity index (χ0) is 14.3. The third-order valence-electron chi connectivity index (χ3n) is 2.60. The summed E-state index contributed by atoms with van der Waals surface area (Å²) < 4.78 is 15.9. The van der Waals surface area contributed by atoms with E-state index in [0.29, 0.717) is 29.2 Å².